The summed E-state index contributed by atoms with van der Waals surface area (Å²) >= 11 is 0. The lowest BCUT2D eigenvalue weighted by Crippen LogP contribution is -2.29. The fourth-order valence-electron chi connectivity index (χ4n) is 3.85. The van der Waals surface area contributed by atoms with Gasteiger partial charge in [0.2, 0.25) is 11.8 Å². The van der Waals surface area contributed by atoms with Crippen LogP contribution in [0.2, 0.25) is 0 Å². The van der Waals surface area contributed by atoms with Gasteiger partial charge in [-0.25, -0.2) is 10.0 Å². The second kappa shape index (κ2) is 9.98. The van der Waals surface area contributed by atoms with Crippen molar-refractivity contribution in [2.24, 2.45) is 11.8 Å². The molecule has 0 unspecified atom stereocenters. The monoisotopic (exact) mass is 450 g/mol. The van der Waals surface area contributed by atoms with Crippen LogP contribution in [0.25, 0.3) is 11.1 Å². The van der Waals surface area contributed by atoms with Gasteiger partial charge in [0.15, 0.2) is 0 Å². The Morgan fingerprint density at radius 3 is 2.67 bits per heavy atom. The van der Waals surface area contributed by atoms with Crippen LogP contribution in [0.1, 0.15) is 24.8 Å². The number of benzene rings is 1. The molecule has 1 aromatic heterocycles. The Hall–Kier alpha value is -3.48. The molecule has 172 valence electrons. The van der Waals surface area contributed by atoms with Gasteiger partial charge >= 0.3 is 0 Å². The van der Waals surface area contributed by atoms with Crippen LogP contribution < -0.4 is 10.1 Å². The molecule has 2 heterocycles. The maximum atomic E-state index is 12.6. The highest BCUT2D eigenvalue weighted by atomic mass is 16.7. The molecule has 1 aromatic carbocycles. The van der Waals surface area contributed by atoms with E-state index in [0.717, 1.165) is 29.0 Å². The van der Waals surface area contributed by atoms with Crippen LogP contribution in [0.4, 0.5) is 5.82 Å². The van der Waals surface area contributed by atoms with Crippen LogP contribution in [0.5, 0.6) is 5.75 Å². The van der Waals surface area contributed by atoms with Crippen molar-refractivity contribution in [3.8, 4) is 22.9 Å². The smallest absolute Gasteiger partial charge is 0.249 e. The summed E-state index contributed by atoms with van der Waals surface area (Å²) in [5.74, 6) is -0.295. The first-order chi connectivity index (χ1) is 16.0. The summed E-state index contributed by atoms with van der Waals surface area (Å²) in [7, 11) is 2.93. The molecule has 2 fully saturated rings. The molecule has 2 aliphatic rings. The van der Waals surface area contributed by atoms with Gasteiger partial charge in [-0.1, -0.05) is 6.07 Å². The molecular weight excluding hydrogens is 424 g/mol. The summed E-state index contributed by atoms with van der Waals surface area (Å²) < 4.78 is 11.4. The van der Waals surface area contributed by atoms with Gasteiger partial charge in [-0.2, -0.15) is 5.26 Å². The summed E-state index contributed by atoms with van der Waals surface area (Å²) in [6, 6.07) is 11.2. The number of nitriles is 1. The van der Waals surface area contributed by atoms with Crippen molar-refractivity contribution in [2.45, 2.75) is 25.4 Å². The zero-order chi connectivity index (χ0) is 23.4. The number of anilines is 1. The summed E-state index contributed by atoms with van der Waals surface area (Å²) in [6.45, 7) is 1.32. The Labute approximate surface area is 192 Å². The van der Waals surface area contributed by atoms with Gasteiger partial charge in [0.25, 0.3) is 0 Å². The lowest BCUT2D eigenvalue weighted by molar-refractivity contribution is -0.170. The van der Waals surface area contributed by atoms with Crippen molar-refractivity contribution >= 4 is 17.6 Å². The van der Waals surface area contributed by atoms with Crippen LogP contribution in [-0.2, 0) is 19.2 Å². The number of carbonyl (C=O) groups excluding carboxylic acids is 2. The van der Waals surface area contributed by atoms with Crippen LogP contribution >= 0.6 is 0 Å². The lowest BCUT2D eigenvalue weighted by Gasteiger charge is -2.23. The number of nitrogens with zero attached hydrogens (tertiary/aromatic N) is 3. The zero-order valence-electron chi connectivity index (χ0n) is 18.6. The number of amides is 2. The van der Waals surface area contributed by atoms with Crippen molar-refractivity contribution in [1.82, 2.24) is 10.0 Å². The second-order valence-corrected chi connectivity index (χ2v) is 8.14. The molecular formula is C24H26N4O5. The molecule has 1 aliphatic heterocycles. The fourth-order valence-corrected chi connectivity index (χ4v) is 3.85. The molecule has 2 atom stereocenters. The van der Waals surface area contributed by atoms with Gasteiger partial charge in [0, 0.05) is 26.1 Å². The first kappa shape index (κ1) is 22.7. The number of pyridine rings is 1. The van der Waals surface area contributed by atoms with E-state index in [2.05, 4.69) is 16.4 Å². The first-order valence-electron chi connectivity index (χ1n) is 10.9. The maximum absolute atomic E-state index is 12.6. The van der Waals surface area contributed by atoms with Crippen molar-refractivity contribution in [3.05, 3.63) is 42.1 Å². The molecule has 0 radical (unpaired) electrons. The predicted molar refractivity (Wildman–Crippen MR) is 119 cm³/mol. The van der Waals surface area contributed by atoms with Gasteiger partial charge < -0.3 is 14.8 Å². The summed E-state index contributed by atoms with van der Waals surface area (Å²) in [4.78, 5) is 33.8. The highest BCUT2D eigenvalue weighted by Crippen LogP contribution is 2.40. The Balaban J connectivity index is 1.44. The van der Waals surface area contributed by atoms with Crippen LogP contribution in [0.3, 0.4) is 0 Å². The van der Waals surface area contributed by atoms with Gasteiger partial charge in [-0.3, -0.25) is 14.4 Å². The molecule has 1 saturated carbocycles. The molecule has 4 rings (SSSR count). The van der Waals surface area contributed by atoms with E-state index in [-0.39, 0.29) is 23.8 Å². The molecule has 1 N–H and O–H groups in total. The molecule has 0 bridgehead atoms. The van der Waals surface area contributed by atoms with Crippen molar-refractivity contribution < 1.29 is 23.9 Å². The highest BCUT2D eigenvalue weighted by Gasteiger charge is 2.49. The zero-order valence-corrected chi connectivity index (χ0v) is 18.6. The summed E-state index contributed by atoms with van der Waals surface area (Å²) in [5.41, 5.74) is 2.06. The quantitative estimate of drug-likeness (QED) is 0.645. The van der Waals surface area contributed by atoms with E-state index < -0.39 is 5.92 Å². The van der Waals surface area contributed by atoms with Gasteiger partial charge in [0.05, 0.1) is 37.7 Å². The summed E-state index contributed by atoms with van der Waals surface area (Å²) in [6.07, 6.45) is 3.72. The number of hydroxylamine groups is 2. The molecule has 1 aliphatic carbocycles. The first-order valence-corrected chi connectivity index (χ1v) is 10.9. The van der Waals surface area contributed by atoms with Crippen LogP contribution in [-0.4, -0.2) is 55.3 Å². The van der Waals surface area contributed by atoms with Crippen molar-refractivity contribution in [1.29, 1.82) is 5.26 Å². The molecule has 33 heavy (non-hydrogen) atoms. The Bertz CT molecular complexity index is 1080. The minimum absolute atomic E-state index is 0.0428. The number of nitrogens with one attached hydrogen (secondary N) is 1. The highest BCUT2D eigenvalue weighted by molar-refractivity contribution is 5.99. The second-order valence-electron chi connectivity index (χ2n) is 8.14. The fraction of sp³-hybridized carbons (Fsp3) is 0.417. The third kappa shape index (κ3) is 5.30. The molecule has 0 spiro atoms. The number of rotatable bonds is 7. The van der Waals surface area contributed by atoms with Crippen LogP contribution in [0.15, 0.2) is 36.5 Å². The van der Waals surface area contributed by atoms with E-state index in [0.29, 0.717) is 36.8 Å². The largest absolute Gasteiger partial charge is 0.489 e. The van der Waals surface area contributed by atoms with Crippen LogP contribution in [0, 0.1) is 23.2 Å². The van der Waals surface area contributed by atoms with Gasteiger partial charge in [-0.15, -0.1) is 0 Å². The van der Waals surface area contributed by atoms with E-state index in [4.69, 9.17) is 14.3 Å². The van der Waals surface area contributed by atoms with E-state index in [1.807, 2.05) is 12.1 Å². The topological polar surface area (TPSA) is 114 Å². The van der Waals surface area contributed by atoms with E-state index in [9.17, 15) is 14.9 Å². The number of ether oxygens (including phenoxy) is 2. The van der Waals surface area contributed by atoms with Gasteiger partial charge in [-0.05, 0) is 41.8 Å². The van der Waals surface area contributed by atoms with E-state index >= 15 is 0 Å². The minimum atomic E-state index is -0.396. The minimum Gasteiger partial charge on any atom is -0.489 e. The predicted octanol–water partition coefficient (Wildman–Crippen LogP) is 2.77. The third-order valence-electron chi connectivity index (χ3n) is 5.94. The Morgan fingerprint density at radius 1 is 1.18 bits per heavy atom. The van der Waals surface area contributed by atoms with E-state index in [1.165, 1.54) is 14.2 Å². The number of hydrogen-bond donors (Lipinski definition) is 1. The van der Waals surface area contributed by atoms with Gasteiger partial charge in [0.1, 0.15) is 23.7 Å². The average Bonchev–Trinajstić information content (AvgIpc) is 3.65. The standard InChI is InChI=1S/C24H26N4O5/c1-28(31-2)24(30)20-13-19(20)23(29)27-22-12-16(5-8-26-22)15-3-4-21(17(11-15)14-25)33-18-6-9-32-10-7-18/h3-5,8,11-12,18-20H,6-7,9-10,13H2,1-2H3,(H,26,27,29)/t19-,20-/m1/s1. The third-order valence-corrected chi connectivity index (χ3v) is 5.94. The molecule has 1 saturated heterocycles. The van der Waals surface area contributed by atoms with Crippen molar-refractivity contribution in [3.63, 3.8) is 0 Å². The number of aromatic nitrogens is 1. The SMILES string of the molecule is CON(C)C(=O)[C@@H]1C[C@H]1C(=O)Nc1cc(-c2ccc(OC3CCOCC3)c(C#N)c2)ccn1. The number of carbonyl (C=O) groups is 2. The van der Waals surface area contributed by atoms with Crippen molar-refractivity contribution in [2.75, 3.05) is 32.7 Å². The maximum Gasteiger partial charge on any atom is 0.249 e. The Kier molecular flexibility index (Phi) is 6.87. The Morgan fingerprint density at radius 2 is 1.94 bits per heavy atom. The lowest BCUT2D eigenvalue weighted by atomic mass is 10.0. The molecule has 9 nitrogen and oxygen atoms in total. The molecule has 2 aromatic rings. The normalized spacial score (nSPS) is 19.9. The molecule has 2 amide bonds. The average molecular weight is 450 g/mol. The number of hydrogen-bond acceptors (Lipinski definition) is 7. The molecule has 9 heteroatoms. The van der Waals surface area contributed by atoms with E-state index in [1.54, 1.807) is 24.4 Å². The summed E-state index contributed by atoms with van der Waals surface area (Å²) in [5, 5.41) is 13.5.